The van der Waals surface area contributed by atoms with Crippen LogP contribution in [0.2, 0.25) is 0 Å². The van der Waals surface area contributed by atoms with E-state index < -0.39 is 29.4 Å². The third-order valence-corrected chi connectivity index (χ3v) is 2.40. The number of carboxylic acid groups (broad SMARTS) is 1. The van der Waals surface area contributed by atoms with Crippen molar-refractivity contribution in [3.63, 3.8) is 0 Å². The smallest absolute Gasteiger partial charge is 0.419 e. The highest BCUT2D eigenvalue weighted by Crippen LogP contribution is 2.33. The van der Waals surface area contributed by atoms with E-state index >= 15 is 0 Å². The van der Waals surface area contributed by atoms with Crippen molar-refractivity contribution in [3.05, 3.63) is 35.1 Å². The molecule has 1 unspecified atom stereocenters. The third-order valence-electron chi connectivity index (χ3n) is 2.40. The fraction of sp³-hybridized carbons (Fsp3) is 0.364. The van der Waals surface area contributed by atoms with E-state index in [9.17, 15) is 22.4 Å². The average molecular weight is 250 g/mol. The fourth-order valence-electron chi connectivity index (χ4n) is 1.53. The van der Waals surface area contributed by atoms with Gasteiger partial charge in [0.15, 0.2) is 0 Å². The van der Waals surface area contributed by atoms with Gasteiger partial charge in [-0.1, -0.05) is 13.0 Å². The van der Waals surface area contributed by atoms with Crippen LogP contribution >= 0.6 is 0 Å². The molecule has 0 saturated carbocycles. The molecule has 94 valence electrons. The molecule has 1 atom stereocenters. The quantitative estimate of drug-likeness (QED) is 0.834. The standard InChI is InChI=1S/C11H10F4O2/c1-2-7(10(16)17)6-3-4-9(12)8(5-6)11(13,14)15/h3-5,7H,2H2,1H3,(H,16,17). The molecule has 1 rings (SSSR count). The second kappa shape index (κ2) is 4.73. The number of aliphatic carboxylic acids is 1. The first-order valence-electron chi connectivity index (χ1n) is 4.86. The number of carboxylic acids is 1. The highest BCUT2D eigenvalue weighted by atomic mass is 19.4. The molecule has 6 heteroatoms. The summed E-state index contributed by atoms with van der Waals surface area (Å²) < 4.78 is 50.2. The Morgan fingerprint density at radius 1 is 1.41 bits per heavy atom. The Morgan fingerprint density at radius 3 is 2.41 bits per heavy atom. The Hall–Kier alpha value is -1.59. The number of benzene rings is 1. The van der Waals surface area contributed by atoms with Crippen LogP contribution in [-0.4, -0.2) is 11.1 Å². The maximum atomic E-state index is 13.0. The van der Waals surface area contributed by atoms with Gasteiger partial charge in [0.25, 0.3) is 0 Å². The van der Waals surface area contributed by atoms with Gasteiger partial charge in [0.05, 0.1) is 11.5 Å². The van der Waals surface area contributed by atoms with Gasteiger partial charge in [0, 0.05) is 0 Å². The number of alkyl halides is 3. The van der Waals surface area contributed by atoms with Crippen LogP contribution in [0.5, 0.6) is 0 Å². The molecule has 17 heavy (non-hydrogen) atoms. The summed E-state index contributed by atoms with van der Waals surface area (Å²) in [5.41, 5.74) is -1.48. The maximum Gasteiger partial charge on any atom is 0.419 e. The molecule has 0 aliphatic carbocycles. The first-order chi connectivity index (χ1) is 7.77. The Morgan fingerprint density at radius 2 is 2.00 bits per heavy atom. The van der Waals surface area contributed by atoms with Crippen LogP contribution in [-0.2, 0) is 11.0 Å². The summed E-state index contributed by atoms with van der Waals surface area (Å²) in [6.45, 7) is 1.54. The van der Waals surface area contributed by atoms with Gasteiger partial charge in [-0.05, 0) is 24.1 Å². The molecule has 0 saturated heterocycles. The zero-order valence-corrected chi connectivity index (χ0v) is 8.88. The predicted octanol–water partition coefficient (Wildman–Crippen LogP) is 3.42. The molecule has 0 radical (unpaired) electrons. The zero-order chi connectivity index (χ0) is 13.2. The highest BCUT2D eigenvalue weighted by molar-refractivity contribution is 5.76. The van der Waals surface area contributed by atoms with Crippen molar-refractivity contribution in [2.45, 2.75) is 25.4 Å². The van der Waals surface area contributed by atoms with Crippen LogP contribution in [0.1, 0.15) is 30.4 Å². The van der Waals surface area contributed by atoms with Gasteiger partial charge >= 0.3 is 12.1 Å². The van der Waals surface area contributed by atoms with Gasteiger partial charge in [-0.15, -0.1) is 0 Å². The minimum absolute atomic E-state index is 0.0475. The van der Waals surface area contributed by atoms with Gasteiger partial charge in [-0.25, -0.2) is 4.39 Å². The molecule has 0 heterocycles. The first-order valence-corrected chi connectivity index (χ1v) is 4.86. The molecule has 0 amide bonds. The van der Waals surface area contributed by atoms with Crippen molar-refractivity contribution in [3.8, 4) is 0 Å². The monoisotopic (exact) mass is 250 g/mol. The Bertz CT molecular complexity index is 426. The topological polar surface area (TPSA) is 37.3 Å². The molecule has 0 aliphatic rings. The Labute approximate surface area is 94.9 Å². The van der Waals surface area contributed by atoms with Crippen LogP contribution in [0, 0.1) is 5.82 Å². The van der Waals surface area contributed by atoms with Crippen LogP contribution < -0.4 is 0 Å². The number of hydrogen-bond acceptors (Lipinski definition) is 1. The molecule has 0 bridgehead atoms. The second-order valence-electron chi connectivity index (χ2n) is 3.54. The van der Waals surface area contributed by atoms with E-state index in [-0.39, 0.29) is 12.0 Å². The number of carbonyl (C=O) groups is 1. The molecule has 0 aromatic heterocycles. The molecule has 1 N–H and O–H groups in total. The van der Waals surface area contributed by atoms with Crippen molar-refractivity contribution < 1.29 is 27.5 Å². The van der Waals surface area contributed by atoms with Crippen molar-refractivity contribution in [1.82, 2.24) is 0 Å². The summed E-state index contributed by atoms with van der Waals surface area (Å²) in [7, 11) is 0. The molecule has 0 spiro atoms. The van der Waals surface area contributed by atoms with Crippen LogP contribution in [0.4, 0.5) is 17.6 Å². The number of hydrogen-bond donors (Lipinski definition) is 1. The lowest BCUT2D eigenvalue weighted by atomic mass is 9.95. The zero-order valence-electron chi connectivity index (χ0n) is 8.88. The normalized spacial score (nSPS) is 13.5. The van der Waals surface area contributed by atoms with E-state index in [4.69, 9.17) is 5.11 Å². The second-order valence-corrected chi connectivity index (χ2v) is 3.54. The molecule has 0 fully saturated rings. The summed E-state index contributed by atoms with van der Waals surface area (Å²) in [5, 5.41) is 8.81. The van der Waals surface area contributed by atoms with Gasteiger partial charge in [-0.3, -0.25) is 4.79 Å². The lowest BCUT2D eigenvalue weighted by molar-refractivity contribution is -0.141. The third kappa shape index (κ3) is 2.95. The minimum atomic E-state index is -4.82. The lowest BCUT2D eigenvalue weighted by Crippen LogP contribution is -2.14. The summed E-state index contributed by atoms with van der Waals surface area (Å²) in [5.74, 6) is -3.69. The predicted molar refractivity (Wildman–Crippen MR) is 52.1 cm³/mol. The Balaban J connectivity index is 3.25. The van der Waals surface area contributed by atoms with E-state index in [0.29, 0.717) is 12.1 Å². The fourth-order valence-corrected chi connectivity index (χ4v) is 1.53. The number of halogens is 4. The van der Waals surface area contributed by atoms with Gasteiger partial charge < -0.3 is 5.11 Å². The number of rotatable bonds is 3. The molecule has 1 aromatic rings. The van der Waals surface area contributed by atoms with Crippen molar-refractivity contribution in [2.24, 2.45) is 0 Å². The van der Waals surface area contributed by atoms with E-state index in [1.807, 2.05) is 0 Å². The van der Waals surface area contributed by atoms with E-state index in [2.05, 4.69) is 0 Å². The van der Waals surface area contributed by atoms with Crippen molar-refractivity contribution in [1.29, 1.82) is 0 Å². The van der Waals surface area contributed by atoms with Crippen LogP contribution in [0.25, 0.3) is 0 Å². The molecule has 1 aromatic carbocycles. The highest BCUT2D eigenvalue weighted by Gasteiger charge is 2.35. The SMILES string of the molecule is CCC(C(=O)O)c1ccc(F)c(C(F)(F)F)c1. The summed E-state index contributed by atoms with van der Waals surface area (Å²) >= 11 is 0. The first kappa shape index (κ1) is 13.5. The summed E-state index contributed by atoms with van der Waals surface area (Å²) in [6, 6.07) is 2.26. The van der Waals surface area contributed by atoms with Gasteiger partial charge in [0.1, 0.15) is 5.82 Å². The van der Waals surface area contributed by atoms with E-state index in [1.165, 1.54) is 6.92 Å². The summed E-state index contributed by atoms with van der Waals surface area (Å²) in [4.78, 5) is 10.8. The van der Waals surface area contributed by atoms with Crippen molar-refractivity contribution >= 4 is 5.97 Å². The molecule has 2 nitrogen and oxygen atoms in total. The van der Waals surface area contributed by atoms with Crippen LogP contribution in [0.15, 0.2) is 18.2 Å². The molecule has 0 aliphatic heterocycles. The maximum absolute atomic E-state index is 13.0. The van der Waals surface area contributed by atoms with Crippen molar-refractivity contribution in [2.75, 3.05) is 0 Å². The van der Waals surface area contributed by atoms with Gasteiger partial charge in [0.2, 0.25) is 0 Å². The van der Waals surface area contributed by atoms with E-state index in [0.717, 1.165) is 6.07 Å². The molecular formula is C11H10F4O2. The van der Waals surface area contributed by atoms with Gasteiger partial charge in [-0.2, -0.15) is 13.2 Å². The largest absolute Gasteiger partial charge is 0.481 e. The Kier molecular flexibility index (Phi) is 3.75. The lowest BCUT2D eigenvalue weighted by Gasteiger charge is -2.14. The average Bonchev–Trinajstić information content (AvgIpc) is 2.19. The summed E-state index contributed by atoms with van der Waals surface area (Å²) in [6.07, 6.45) is -4.69. The van der Waals surface area contributed by atoms with Crippen LogP contribution in [0.3, 0.4) is 0 Å². The molecular weight excluding hydrogens is 240 g/mol. The minimum Gasteiger partial charge on any atom is -0.481 e. The van der Waals surface area contributed by atoms with E-state index in [1.54, 1.807) is 0 Å².